The third kappa shape index (κ3) is 8.36. The highest BCUT2D eigenvalue weighted by atomic mass is 16.4. The van der Waals surface area contributed by atoms with E-state index in [-0.39, 0.29) is 11.3 Å². The summed E-state index contributed by atoms with van der Waals surface area (Å²) in [7, 11) is 0. The lowest BCUT2D eigenvalue weighted by atomic mass is 9.72. The maximum Gasteiger partial charge on any atom is 0.372 e. The highest BCUT2D eigenvalue weighted by molar-refractivity contribution is 6.34. The second-order valence-electron chi connectivity index (χ2n) is 9.93. The van der Waals surface area contributed by atoms with Gasteiger partial charge in [0.1, 0.15) is 0 Å². The Balaban J connectivity index is 1.95. The summed E-state index contributed by atoms with van der Waals surface area (Å²) in [5.74, 6) is -3.33. The number of rotatable bonds is 9. The number of nitrogens with one attached hydrogen (secondary N) is 1. The molecule has 0 saturated carbocycles. The number of carbonyl (C=O) groups is 3. The van der Waals surface area contributed by atoms with Gasteiger partial charge in [0.15, 0.2) is 0 Å². The SMILES string of the molecule is CC1=C(/C=C/C(C)=C/C=C/C(C)=C/C(=O)Nc2ccc(C(C)C(=O)C(=O)O)cc2)C(C)(C)CCC1. The topological polar surface area (TPSA) is 83.5 Å². The number of anilines is 1. The second kappa shape index (κ2) is 12.3. The third-order valence-electron chi connectivity index (χ3n) is 6.41. The molecule has 0 saturated heterocycles. The van der Waals surface area contributed by atoms with Gasteiger partial charge in [-0.25, -0.2) is 4.79 Å². The zero-order valence-corrected chi connectivity index (χ0v) is 21.6. The molecule has 0 bridgehead atoms. The summed E-state index contributed by atoms with van der Waals surface area (Å²) >= 11 is 0. The summed E-state index contributed by atoms with van der Waals surface area (Å²) in [4.78, 5) is 34.8. The van der Waals surface area contributed by atoms with Crippen LogP contribution in [0.4, 0.5) is 5.69 Å². The van der Waals surface area contributed by atoms with Crippen molar-refractivity contribution in [3.63, 3.8) is 0 Å². The summed E-state index contributed by atoms with van der Waals surface area (Å²) in [5, 5.41) is 11.6. The molecule has 0 heterocycles. The Kier molecular flexibility index (Phi) is 9.76. The summed E-state index contributed by atoms with van der Waals surface area (Å²) in [6, 6.07) is 6.59. The average molecular weight is 476 g/mol. The van der Waals surface area contributed by atoms with E-state index in [1.54, 1.807) is 31.2 Å². The van der Waals surface area contributed by atoms with Crippen LogP contribution < -0.4 is 5.32 Å². The highest BCUT2D eigenvalue weighted by Gasteiger charge is 2.26. The van der Waals surface area contributed by atoms with Crippen molar-refractivity contribution in [3.05, 3.63) is 88.6 Å². The van der Waals surface area contributed by atoms with E-state index in [0.29, 0.717) is 11.3 Å². The Hall–Kier alpha value is -3.47. The number of benzene rings is 1. The van der Waals surface area contributed by atoms with E-state index in [2.05, 4.69) is 45.2 Å². The standard InChI is InChI=1S/C30H37NO4/c1-20(12-17-26-22(3)11-8-18-30(26,5)6)9-7-10-21(2)19-27(32)31-25-15-13-24(14-16-25)23(4)28(33)29(34)35/h7,9-10,12-17,19,23H,8,11,18H2,1-6H3,(H,31,32)(H,34,35)/b10-7+,17-12+,20-9+,21-19+. The number of hydrogen-bond donors (Lipinski definition) is 2. The molecule has 0 aromatic heterocycles. The molecule has 35 heavy (non-hydrogen) atoms. The molecule has 2 rings (SSSR count). The van der Waals surface area contributed by atoms with Crippen LogP contribution in [0.25, 0.3) is 0 Å². The lowest BCUT2D eigenvalue weighted by Gasteiger charge is -2.32. The molecule has 1 aromatic carbocycles. The summed E-state index contributed by atoms with van der Waals surface area (Å²) in [6.07, 6.45) is 15.4. The number of Topliss-reactive ketones (excluding diaryl/α,β-unsaturated/α-hetero) is 1. The number of carboxylic acids is 1. The molecule has 5 heteroatoms. The quantitative estimate of drug-likeness (QED) is 0.231. The van der Waals surface area contributed by atoms with Gasteiger partial charge in [-0.15, -0.1) is 0 Å². The van der Waals surface area contributed by atoms with Crippen LogP contribution in [0, 0.1) is 5.41 Å². The number of allylic oxidation sites excluding steroid dienone is 9. The molecule has 1 amide bonds. The molecule has 2 N–H and O–H groups in total. The van der Waals surface area contributed by atoms with Crippen molar-refractivity contribution in [2.45, 2.75) is 66.7 Å². The van der Waals surface area contributed by atoms with Crippen molar-refractivity contribution in [1.82, 2.24) is 0 Å². The van der Waals surface area contributed by atoms with Crippen LogP contribution in [0.5, 0.6) is 0 Å². The maximum atomic E-state index is 12.3. The smallest absolute Gasteiger partial charge is 0.372 e. The van der Waals surface area contributed by atoms with Crippen molar-refractivity contribution in [1.29, 1.82) is 0 Å². The molecule has 0 aliphatic heterocycles. The number of hydrogen-bond acceptors (Lipinski definition) is 3. The Morgan fingerprint density at radius 3 is 2.31 bits per heavy atom. The molecule has 5 nitrogen and oxygen atoms in total. The van der Waals surface area contributed by atoms with Gasteiger partial charge in [-0.1, -0.05) is 74.4 Å². The zero-order chi connectivity index (χ0) is 26.2. The van der Waals surface area contributed by atoms with E-state index in [1.165, 1.54) is 36.5 Å². The van der Waals surface area contributed by atoms with Crippen LogP contribution in [0.2, 0.25) is 0 Å². The van der Waals surface area contributed by atoms with Crippen LogP contribution in [0.15, 0.2) is 83.0 Å². The zero-order valence-electron chi connectivity index (χ0n) is 21.6. The van der Waals surface area contributed by atoms with Crippen molar-refractivity contribution < 1.29 is 19.5 Å². The van der Waals surface area contributed by atoms with Gasteiger partial charge in [0.25, 0.3) is 0 Å². The van der Waals surface area contributed by atoms with Gasteiger partial charge in [-0.05, 0) is 74.3 Å². The van der Waals surface area contributed by atoms with Gasteiger partial charge in [-0.2, -0.15) is 0 Å². The first kappa shape index (κ1) is 27.8. The Morgan fingerprint density at radius 1 is 1.06 bits per heavy atom. The number of aliphatic carboxylic acids is 1. The summed E-state index contributed by atoms with van der Waals surface area (Å²) in [5.41, 5.74) is 6.22. The van der Waals surface area contributed by atoms with Crippen LogP contribution >= 0.6 is 0 Å². The fraction of sp³-hybridized carbons (Fsp3) is 0.367. The molecule has 1 atom stereocenters. The molecule has 1 aliphatic carbocycles. The minimum Gasteiger partial charge on any atom is -0.475 e. The molecular weight excluding hydrogens is 438 g/mol. The van der Waals surface area contributed by atoms with Gasteiger partial charge < -0.3 is 10.4 Å². The predicted octanol–water partition coefficient (Wildman–Crippen LogP) is 6.91. The normalized spacial score (nSPS) is 17.7. The highest BCUT2D eigenvalue weighted by Crippen LogP contribution is 2.40. The van der Waals surface area contributed by atoms with Crippen molar-refractivity contribution in [2.24, 2.45) is 5.41 Å². The van der Waals surface area contributed by atoms with Gasteiger partial charge in [0, 0.05) is 11.8 Å². The molecule has 0 radical (unpaired) electrons. The largest absolute Gasteiger partial charge is 0.475 e. The summed E-state index contributed by atoms with van der Waals surface area (Å²) in [6.45, 7) is 12.3. The van der Waals surface area contributed by atoms with E-state index in [0.717, 1.165) is 11.1 Å². The van der Waals surface area contributed by atoms with Gasteiger partial charge >= 0.3 is 5.97 Å². The fourth-order valence-electron chi connectivity index (χ4n) is 4.26. The molecule has 0 fully saturated rings. The summed E-state index contributed by atoms with van der Waals surface area (Å²) < 4.78 is 0. The van der Waals surface area contributed by atoms with Crippen LogP contribution in [0.1, 0.15) is 72.3 Å². The third-order valence-corrected chi connectivity index (χ3v) is 6.41. The Labute approximate surface area is 209 Å². The molecule has 1 aromatic rings. The van der Waals surface area contributed by atoms with Gasteiger partial charge in [0.05, 0.1) is 5.92 Å². The number of amides is 1. The second-order valence-corrected chi connectivity index (χ2v) is 9.93. The van der Waals surface area contributed by atoms with Crippen molar-refractivity contribution >= 4 is 23.3 Å². The number of carbonyl (C=O) groups excluding carboxylic acids is 2. The minimum absolute atomic E-state index is 0.218. The molecule has 1 aliphatic rings. The number of carboxylic acid groups (broad SMARTS) is 1. The van der Waals surface area contributed by atoms with Gasteiger partial charge in [-0.3, -0.25) is 9.59 Å². The lowest BCUT2D eigenvalue weighted by Crippen LogP contribution is -2.19. The molecule has 1 unspecified atom stereocenters. The maximum absolute atomic E-state index is 12.3. The first-order chi connectivity index (χ1) is 16.4. The van der Waals surface area contributed by atoms with E-state index < -0.39 is 17.7 Å². The Morgan fingerprint density at radius 2 is 1.71 bits per heavy atom. The monoisotopic (exact) mass is 475 g/mol. The number of ketones is 1. The molecule has 0 spiro atoms. The lowest BCUT2D eigenvalue weighted by molar-refractivity contribution is -0.149. The first-order valence-electron chi connectivity index (χ1n) is 12.0. The Bertz CT molecular complexity index is 1110. The van der Waals surface area contributed by atoms with E-state index in [1.807, 2.05) is 25.2 Å². The van der Waals surface area contributed by atoms with E-state index >= 15 is 0 Å². The van der Waals surface area contributed by atoms with Crippen molar-refractivity contribution in [2.75, 3.05) is 5.32 Å². The molecular formula is C30H37NO4. The fourth-order valence-corrected chi connectivity index (χ4v) is 4.26. The van der Waals surface area contributed by atoms with E-state index in [4.69, 9.17) is 5.11 Å². The molecule has 186 valence electrons. The van der Waals surface area contributed by atoms with Gasteiger partial charge in [0.2, 0.25) is 11.7 Å². The van der Waals surface area contributed by atoms with Crippen molar-refractivity contribution in [3.8, 4) is 0 Å². The van der Waals surface area contributed by atoms with Crippen LogP contribution in [0.3, 0.4) is 0 Å². The minimum atomic E-state index is -1.45. The van der Waals surface area contributed by atoms with Crippen LogP contribution in [-0.4, -0.2) is 22.8 Å². The van der Waals surface area contributed by atoms with E-state index in [9.17, 15) is 14.4 Å². The first-order valence-corrected chi connectivity index (χ1v) is 12.0. The van der Waals surface area contributed by atoms with Crippen LogP contribution in [-0.2, 0) is 14.4 Å². The average Bonchev–Trinajstić information content (AvgIpc) is 2.77. The predicted molar refractivity (Wildman–Crippen MR) is 142 cm³/mol.